The van der Waals surface area contributed by atoms with Gasteiger partial charge in [-0.25, -0.2) is 9.79 Å². The number of aliphatic hydroxyl groups excluding tert-OH is 1. The van der Waals surface area contributed by atoms with E-state index in [0.29, 0.717) is 17.4 Å². The van der Waals surface area contributed by atoms with Gasteiger partial charge in [-0.3, -0.25) is 5.10 Å². The third-order valence-electron chi connectivity index (χ3n) is 5.52. The highest BCUT2D eigenvalue weighted by atomic mass is 16.6. The van der Waals surface area contributed by atoms with Crippen LogP contribution in [-0.2, 0) is 4.74 Å². The van der Waals surface area contributed by atoms with E-state index in [9.17, 15) is 9.90 Å². The molecule has 1 aromatic heterocycles. The molecule has 2 aliphatic rings. The number of rotatable bonds is 9. The van der Waals surface area contributed by atoms with Crippen LogP contribution in [0.4, 0.5) is 10.6 Å². The number of amides is 1. The van der Waals surface area contributed by atoms with E-state index in [0.717, 1.165) is 44.2 Å². The second kappa shape index (κ2) is 9.93. The number of carbonyl (C=O) groups is 1. The molecule has 2 saturated carbocycles. The van der Waals surface area contributed by atoms with E-state index in [1.807, 2.05) is 31.2 Å². The summed E-state index contributed by atoms with van der Waals surface area (Å²) >= 11 is 0. The van der Waals surface area contributed by atoms with Crippen molar-refractivity contribution in [2.45, 2.75) is 76.9 Å². The van der Waals surface area contributed by atoms with Crippen LogP contribution in [0.5, 0.6) is 0 Å². The van der Waals surface area contributed by atoms with Crippen molar-refractivity contribution in [3.05, 3.63) is 35.8 Å². The number of nitrogens with zero attached hydrogens (tertiary/aromatic N) is 2. The van der Waals surface area contributed by atoms with Gasteiger partial charge in [0.1, 0.15) is 11.9 Å². The minimum atomic E-state index is -0.306. The Labute approximate surface area is 177 Å². The maximum atomic E-state index is 12.0. The topological polar surface area (TPSA) is 112 Å². The number of allylic oxidation sites excluding steroid dienone is 3. The lowest BCUT2D eigenvalue weighted by Gasteiger charge is -2.16. The van der Waals surface area contributed by atoms with Crippen LogP contribution in [0.1, 0.15) is 70.9 Å². The highest BCUT2D eigenvalue weighted by Crippen LogP contribution is 2.37. The Hall–Kier alpha value is -2.61. The van der Waals surface area contributed by atoms with Crippen LogP contribution in [0.3, 0.4) is 0 Å². The Morgan fingerprint density at radius 1 is 1.47 bits per heavy atom. The van der Waals surface area contributed by atoms with E-state index >= 15 is 0 Å². The van der Waals surface area contributed by atoms with Crippen LogP contribution in [-0.4, -0.2) is 45.4 Å². The first-order chi connectivity index (χ1) is 14.4. The molecule has 0 aliphatic heterocycles. The van der Waals surface area contributed by atoms with Crippen molar-refractivity contribution < 1.29 is 14.6 Å². The van der Waals surface area contributed by atoms with E-state index in [-0.39, 0.29) is 30.3 Å². The van der Waals surface area contributed by atoms with Gasteiger partial charge in [0, 0.05) is 28.9 Å². The number of carbonyl (C=O) groups excluding carboxylic acids is 1. The molecule has 2 aliphatic carbocycles. The molecular formula is C22H33N5O3. The smallest absolute Gasteiger partial charge is 0.407 e. The normalized spacial score (nSPS) is 23.6. The Balaban J connectivity index is 1.56. The molecule has 8 heteroatoms. The summed E-state index contributed by atoms with van der Waals surface area (Å²) in [7, 11) is 0. The van der Waals surface area contributed by atoms with Crippen molar-refractivity contribution in [2.75, 3.05) is 11.9 Å². The fraction of sp³-hybridized carbons (Fsp3) is 0.591. The van der Waals surface area contributed by atoms with Gasteiger partial charge in [0.15, 0.2) is 5.82 Å². The Morgan fingerprint density at radius 3 is 2.97 bits per heavy atom. The first-order valence-electron chi connectivity index (χ1n) is 10.7. The molecule has 2 fully saturated rings. The summed E-state index contributed by atoms with van der Waals surface area (Å²) < 4.78 is 5.60. The molecular weight excluding hydrogens is 382 g/mol. The minimum absolute atomic E-state index is 0.0621. The molecule has 2 unspecified atom stereocenters. The summed E-state index contributed by atoms with van der Waals surface area (Å²) in [4.78, 5) is 16.4. The van der Waals surface area contributed by atoms with Crippen molar-refractivity contribution in [3.63, 3.8) is 0 Å². The third-order valence-corrected chi connectivity index (χ3v) is 5.52. The summed E-state index contributed by atoms with van der Waals surface area (Å²) in [5.74, 6) is 1.55. The molecule has 3 rings (SSSR count). The monoisotopic (exact) mass is 415 g/mol. The molecule has 0 bridgehead atoms. The molecule has 0 aromatic carbocycles. The predicted molar refractivity (Wildman–Crippen MR) is 118 cm³/mol. The van der Waals surface area contributed by atoms with Gasteiger partial charge in [0.05, 0.1) is 6.61 Å². The van der Waals surface area contributed by atoms with Crippen LogP contribution in [0.15, 0.2) is 35.1 Å². The molecule has 1 heterocycles. The molecule has 164 valence electrons. The number of aromatic amines is 1. The lowest BCUT2D eigenvalue weighted by atomic mass is 10.0. The minimum Gasteiger partial charge on any atom is -0.446 e. The van der Waals surface area contributed by atoms with Crippen LogP contribution in [0.25, 0.3) is 0 Å². The first-order valence-corrected chi connectivity index (χ1v) is 10.7. The summed E-state index contributed by atoms with van der Waals surface area (Å²) in [6, 6.07) is 1.97. The average Bonchev–Trinajstić information content (AvgIpc) is 3.10. The highest BCUT2D eigenvalue weighted by Gasteiger charge is 2.40. The van der Waals surface area contributed by atoms with Gasteiger partial charge in [-0.2, -0.15) is 5.10 Å². The van der Waals surface area contributed by atoms with Gasteiger partial charge in [0.2, 0.25) is 0 Å². The van der Waals surface area contributed by atoms with Crippen molar-refractivity contribution in [2.24, 2.45) is 4.99 Å². The van der Waals surface area contributed by atoms with Gasteiger partial charge in [-0.05, 0) is 58.4 Å². The summed E-state index contributed by atoms with van der Waals surface area (Å²) in [6.45, 7) is 5.78. The summed E-state index contributed by atoms with van der Waals surface area (Å²) in [6.07, 6.45) is 11.0. The molecule has 4 N–H and O–H groups in total. The first kappa shape index (κ1) is 22.1. The molecule has 0 spiro atoms. The molecule has 1 aromatic rings. The fourth-order valence-corrected chi connectivity index (χ4v) is 3.45. The lowest BCUT2D eigenvalue weighted by Crippen LogP contribution is -2.36. The Bertz CT molecular complexity index is 822. The standard InChI is InChI=1S/C22H33N5O3/c1-4-5-6-7-19(23-15(2)14-28)24-20-13-18(26-27-20)16-8-9-17(12-16)30-21(29)25-22(3)10-11-22/h5-7,13,16-17,28H,4,8-12,14H2,1-3H3,(H,25,29)(H2,24,26,27)/b6-5+,19-7+,23-15+. The average molecular weight is 416 g/mol. The lowest BCUT2D eigenvalue weighted by molar-refractivity contribution is 0.0967. The van der Waals surface area contributed by atoms with Gasteiger partial charge in [0.25, 0.3) is 0 Å². The SMILES string of the molecule is CC/C=C/C=C(\N=C(/C)CO)Nc1cc(C2CCC(OC(=O)NC3(C)CC3)C2)[nH]n1. The van der Waals surface area contributed by atoms with Crippen LogP contribution >= 0.6 is 0 Å². The third kappa shape index (κ3) is 6.45. The zero-order valence-corrected chi connectivity index (χ0v) is 18.1. The van der Waals surface area contributed by atoms with E-state index in [1.165, 1.54) is 0 Å². The number of ether oxygens (including phenoxy) is 1. The van der Waals surface area contributed by atoms with Gasteiger partial charge in [-0.15, -0.1) is 0 Å². The number of H-pyrrole nitrogens is 1. The molecule has 0 radical (unpaired) electrons. The highest BCUT2D eigenvalue weighted by molar-refractivity contribution is 5.84. The van der Waals surface area contributed by atoms with Crippen LogP contribution in [0.2, 0.25) is 0 Å². The molecule has 1 amide bonds. The van der Waals surface area contributed by atoms with Gasteiger partial charge < -0.3 is 20.5 Å². The number of anilines is 1. The van der Waals surface area contributed by atoms with Gasteiger partial charge >= 0.3 is 6.09 Å². The van der Waals surface area contributed by atoms with Crippen LogP contribution in [0, 0.1) is 0 Å². The molecule has 2 atom stereocenters. The number of aromatic nitrogens is 2. The fourth-order valence-electron chi connectivity index (χ4n) is 3.45. The summed E-state index contributed by atoms with van der Waals surface area (Å²) in [5.41, 5.74) is 1.57. The number of nitrogens with one attached hydrogen (secondary N) is 3. The van der Waals surface area contributed by atoms with E-state index in [4.69, 9.17) is 4.74 Å². The van der Waals surface area contributed by atoms with Crippen LogP contribution < -0.4 is 10.6 Å². The maximum absolute atomic E-state index is 12.0. The van der Waals surface area contributed by atoms with Crippen molar-refractivity contribution >= 4 is 17.6 Å². The van der Waals surface area contributed by atoms with E-state index in [2.05, 4.69) is 32.7 Å². The quantitative estimate of drug-likeness (QED) is 0.360. The number of alkyl carbamates (subject to hydrolysis) is 1. The van der Waals surface area contributed by atoms with Crippen molar-refractivity contribution in [1.82, 2.24) is 15.5 Å². The zero-order valence-electron chi connectivity index (χ0n) is 18.1. The Morgan fingerprint density at radius 2 is 2.27 bits per heavy atom. The Kier molecular flexibility index (Phi) is 7.31. The van der Waals surface area contributed by atoms with E-state index in [1.54, 1.807) is 6.92 Å². The number of hydrogen-bond acceptors (Lipinski definition) is 6. The number of aliphatic hydroxyl groups is 1. The predicted octanol–water partition coefficient (Wildman–Crippen LogP) is 4.00. The summed E-state index contributed by atoms with van der Waals surface area (Å²) in [5, 5.41) is 22.8. The second-order valence-electron chi connectivity index (χ2n) is 8.45. The van der Waals surface area contributed by atoms with Crippen molar-refractivity contribution in [1.29, 1.82) is 0 Å². The molecule has 0 saturated heterocycles. The zero-order chi connectivity index (χ0) is 21.6. The second-order valence-corrected chi connectivity index (χ2v) is 8.45. The van der Waals surface area contributed by atoms with E-state index < -0.39 is 0 Å². The number of aliphatic imine (C=N–C) groups is 1. The maximum Gasteiger partial charge on any atom is 0.407 e. The van der Waals surface area contributed by atoms with Gasteiger partial charge in [-0.1, -0.05) is 19.1 Å². The largest absolute Gasteiger partial charge is 0.446 e. The number of hydrogen-bond donors (Lipinski definition) is 4. The molecule has 8 nitrogen and oxygen atoms in total. The molecule has 30 heavy (non-hydrogen) atoms. The van der Waals surface area contributed by atoms with Crippen molar-refractivity contribution in [3.8, 4) is 0 Å².